The van der Waals surface area contributed by atoms with Crippen molar-refractivity contribution in [1.82, 2.24) is 10.3 Å². The normalized spacial score (nSPS) is 26.3. The Balaban J connectivity index is 1.40. The summed E-state index contributed by atoms with van der Waals surface area (Å²) in [4.78, 5) is 4.40. The van der Waals surface area contributed by atoms with Crippen LogP contribution in [0.3, 0.4) is 0 Å². The van der Waals surface area contributed by atoms with Gasteiger partial charge in [0.2, 0.25) is 0 Å². The molecule has 1 aliphatic carbocycles. The molecule has 0 spiro atoms. The monoisotopic (exact) mass is 326 g/mol. The van der Waals surface area contributed by atoms with Gasteiger partial charge in [-0.05, 0) is 67.0 Å². The molecule has 2 aliphatic rings. The van der Waals surface area contributed by atoms with Crippen molar-refractivity contribution in [2.45, 2.75) is 30.3 Å². The average Bonchev–Trinajstić information content (AvgIpc) is 2.60. The van der Waals surface area contributed by atoms with Gasteiger partial charge >= 0.3 is 0 Å². The van der Waals surface area contributed by atoms with Gasteiger partial charge in [0.05, 0.1) is 5.03 Å². The molecule has 3 nitrogen and oxygen atoms in total. The van der Waals surface area contributed by atoms with Crippen LogP contribution in [0.2, 0.25) is 0 Å². The van der Waals surface area contributed by atoms with Crippen molar-refractivity contribution in [2.75, 3.05) is 12.3 Å². The molecule has 0 bridgehead atoms. The van der Waals surface area contributed by atoms with E-state index < -0.39 is 0 Å². The van der Waals surface area contributed by atoms with E-state index in [0.29, 0.717) is 23.6 Å². The average molecular weight is 326 g/mol. The van der Waals surface area contributed by atoms with Crippen LogP contribution >= 0.6 is 11.8 Å². The van der Waals surface area contributed by atoms with E-state index in [2.05, 4.69) is 22.4 Å². The first-order valence-electron chi connectivity index (χ1n) is 8.36. The van der Waals surface area contributed by atoms with Gasteiger partial charge in [-0.1, -0.05) is 18.2 Å². The van der Waals surface area contributed by atoms with Crippen molar-refractivity contribution < 1.29 is 5.11 Å². The van der Waals surface area contributed by atoms with Crippen LogP contribution in [0.15, 0.2) is 47.6 Å². The Morgan fingerprint density at radius 1 is 1.17 bits per heavy atom. The summed E-state index contributed by atoms with van der Waals surface area (Å²) in [5.74, 6) is 2.90. The van der Waals surface area contributed by atoms with Crippen molar-refractivity contribution in [3.8, 4) is 5.75 Å². The highest BCUT2D eigenvalue weighted by Gasteiger charge is 2.34. The van der Waals surface area contributed by atoms with E-state index in [1.165, 1.54) is 17.5 Å². The summed E-state index contributed by atoms with van der Waals surface area (Å²) in [7, 11) is 0. The summed E-state index contributed by atoms with van der Waals surface area (Å²) in [5.41, 5.74) is 2.49. The smallest absolute Gasteiger partial charge is 0.119 e. The van der Waals surface area contributed by atoms with Crippen molar-refractivity contribution >= 4 is 11.8 Å². The molecule has 2 heterocycles. The Labute approximate surface area is 141 Å². The van der Waals surface area contributed by atoms with E-state index in [-0.39, 0.29) is 0 Å². The number of rotatable bonds is 3. The third kappa shape index (κ3) is 3.24. The molecule has 1 fully saturated rings. The summed E-state index contributed by atoms with van der Waals surface area (Å²) in [5, 5.41) is 15.0. The Kier molecular flexibility index (Phi) is 4.27. The quantitative estimate of drug-likeness (QED) is 0.850. The van der Waals surface area contributed by atoms with Crippen LogP contribution < -0.4 is 5.32 Å². The molecule has 0 unspecified atom stereocenters. The van der Waals surface area contributed by atoms with Gasteiger partial charge in [0.15, 0.2) is 0 Å². The number of phenols is 1. The Morgan fingerprint density at radius 3 is 3.00 bits per heavy atom. The number of thioether (sulfide) groups is 1. The number of benzene rings is 1. The van der Waals surface area contributed by atoms with Gasteiger partial charge < -0.3 is 10.4 Å². The van der Waals surface area contributed by atoms with Gasteiger partial charge in [-0.25, -0.2) is 4.98 Å². The predicted molar refractivity (Wildman–Crippen MR) is 93.9 cm³/mol. The van der Waals surface area contributed by atoms with Crippen LogP contribution in [0.4, 0.5) is 0 Å². The molecular weight excluding hydrogens is 304 g/mol. The minimum Gasteiger partial charge on any atom is -0.508 e. The van der Waals surface area contributed by atoms with Crippen LogP contribution in [0.1, 0.15) is 17.5 Å². The van der Waals surface area contributed by atoms with Gasteiger partial charge in [0.1, 0.15) is 5.75 Å². The second kappa shape index (κ2) is 6.54. The highest BCUT2D eigenvalue weighted by Crippen LogP contribution is 2.37. The van der Waals surface area contributed by atoms with Crippen molar-refractivity contribution in [1.29, 1.82) is 0 Å². The lowest BCUT2D eigenvalue weighted by atomic mass is 9.74. The van der Waals surface area contributed by atoms with Gasteiger partial charge in [-0.15, -0.1) is 11.8 Å². The second-order valence-corrected chi connectivity index (χ2v) is 7.72. The zero-order valence-corrected chi connectivity index (χ0v) is 13.9. The molecule has 0 saturated carbocycles. The third-order valence-corrected chi connectivity index (χ3v) is 6.31. The molecule has 1 aromatic carbocycles. The maximum atomic E-state index is 10.1. The lowest BCUT2D eigenvalue weighted by molar-refractivity contribution is 0.215. The molecule has 2 N–H and O–H groups in total. The fourth-order valence-corrected chi connectivity index (χ4v) is 4.91. The lowest BCUT2D eigenvalue weighted by Gasteiger charge is -2.41. The Morgan fingerprint density at radius 2 is 2.13 bits per heavy atom. The van der Waals surface area contributed by atoms with Crippen LogP contribution in [-0.2, 0) is 12.8 Å². The summed E-state index contributed by atoms with van der Waals surface area (Å²) in [6.07, 6.45) is 5.16. The van der Waals surface area contributed by atoms with Gasteiger partial charge in [-0.2, -0.15) is 0 Å². The maximum absolute atomic E-state index is 10.1. The second-order valence-electron chi connectivity index (χ2n) is 6.68. The molecule has 4 heteroatoms. The number of phenolic OH excluding ortho intramolecular Hbond substituents is 1. The molecule has 120 valence electrons. The van der Waals surface area contributed by atoms with Gasteiger partial charge in [0.25, 0.3) is 0 Å². The summed E-state index contributed by atoms with van der Waals surface area (Å²) < 4.78 is 0. The number of pyridine rings is 1. The minimum atomic E-state index is 0.478. The van der Waals surface area contributed by atoms with Crippen LogP contribution in [0.25, 0.3) is 0 Å². The summed E-state index contributed by atoms with van der Waals surface area (Å²) in [6.45, 7) is 1.09. The predicted octanol–water partition coefficient (Wildman–Crippen LogP) is 3.27. The van der Waals surface area contributed by atoms with Crippen LogP contribution in [0.5, 0.6) is 5.75 Å². The first-order valence-corrected chi connectivity index (χ1v) is 9.35. The van der Waals surface area contributed by atoms with E-state index in [1.54, 1.807) is 0 Å². The highest BCUT2D eigenvalue weighted by atomic mass is 32.2. The maximum Gasteiger partial charge on any atom is 0.119 e. The molecule has 0 amide bonds. The van der Waals surface area contributed by atoms with E-state index in [1.807, 2.05) is 42.2 Å². The van der Waals surface area contributed by atoms with E-state index in [4.69, 9.17) is 0 Å². The van der Waals surface area contributed by atoms with E-state index >= 15 is 0 Å². The number of aromatic nitrogens is 1. The zero-order valence-electron chi connectivity index (χ0n) is 13.1. The molecule has 1 saturated heterocycles. The van der Waals surface area contributed by atoms with Crippen LogP contribution in [0, 0.1) is 11.8 Å². The number of piperidine rings is 1. The topological polar surface area (TPSA) is 45.2 Å². The standard InChI is InChI=1S/C19H22N2OS/c22-18-5-3-4-14-10-17-15(9-16(14)18)8-13(11-21-17)12-23-19-6-1-2-7-20-19/h1-7,13,15,17,21-22H,8-12H2/t13-,15-,17-/m0/s1. The SMILES string of the molecule is Oc1cccc2c1C[C@@H]1C[C@H](CSc3ccccn3)CN[C@H]1C2. The Bertz CT molecular complexity index is 676. The van der Waals surface area contributed by atoms with Crippen molar-refractivity contribution in [3.05, 3.63) is 53.7 Å². The van der Waals surface area contributed by atoms with Gasteiger partial charge in [0, 0.05) is 18.0 Å². The highest BCUT2D eigenvalue weighted by molar-refractivity contribution is 7.99. The molecular formula is C19H22N2OS. The molecule has 1 aromatic heterocycles. The molecule has 4 rings (SSSR count). The summed E-state index contributed by atoms with van der Waals surface area (Å²) in [6, 6.07) is 12.6. The van der Waals surface area contributed by atoms with E-state index in [9.17, 15) is 5.11 Å². The number of fused-ring (bicyclic) bond motifs is 2. The van der Waals surface area contributed by atoms with E-state index in [0.717, 1.165) is 30.2 Å². The number of aromatic hydroxyl groups is 1. The Hall–Kier alpha value is -1.52. The number of nitrogens with zero attached hydrogens (tertiary/aromatic N) is 1. The van der Waals surface area contributed by atoms with Crippen molar-refractivity contribution in [2.24, 2.45) is 11.8 Å². The third-order valence-electron chi connectivity index (χ3n) is 5.13. The lowest BCUT2D eigenvalue weighted by Crippen LogP contribution is -2.49. The minimum absolute atomic E-state index is 0.478. The molecule has 23 heavy (non-hydrogen) atoms. The fraction of sp³-hybridized carbons (Fsp3) is 0.421. The number of hydrogen-bond donors (Lipinski definition) is 2. The van der Waals surface area contributed by atoms with Crippen molar-refractivity contribution in [3.63, 3.8) is 0 Å². The molecule has 0 radical (unpaired) electrons. The molecule has 2 aromatic rings. The van der Waals surface area contributed by atoms with Crippen LogP contribution in [-0.4, -0.2) is 28.4 Å². The summed E-state index contributed by atoms with van der Waals surface area (Å²) >= 11 is 1.85. The molecule has 1 aliphatic heterocycles. The van der Waals surface area contributed by atoms with Gasteiger partial charge in [-0.3, -0.25) is 0 Å². The first kappa shape index (κ1) is 15.0. The molecule has 3 atom stereocenters. The number of nitrogens with one attached hydrogen (secondary N) is 1. The number of hydrogen-bond acceptors (Lipinski definition) is 4. The largest absolute Gasteiger partial charge is 0.508 e. The first-order chi connectivity index (χ1) is 11.3. The zero-order chi connectivity index (χ0) is 15.6. The fourth-order valence-electron chi connectivity index (χ4n) is 3.93.